The Labute approximate surface area is 202 Å². The van der Waals surface area contributed by atoms with E-state index < -0.39 is 10.0 Å². The number of likely N-dealkylation sites (N-methyl/N-ethyl adjacent to an activating group) is 1. The number of amides is 1. The predicted molar refractivity (Wildman–Crippen MR) is 132 cm³/mol. The third kappa shape index (κ3) is 6.15. The second kappa shape index (κ2) is 10.9. The fraction of sp³-hybridized carbons (Fsp3) is 0.480. The summed E-state index contributed by atoms with van der Waals surface area (Å²) in [4.78, 5) is 17.6. The second-order valence-electron chi connectivity index (χ2n) is 9.10. The molecule has 1 amide bonds. The number of nitrogens with one attached hydrogen (secondary N) is 2. The fourth-order valence-corrected chi connectivity index (χ4v) is 5.81. The van der Waals surface area contributed by atoms with Crippen LogP contribution in [-0.2, 0) is 10.0 Å². The van der Waals surface area contributed by atoms with Gasteiger partial charge in [-0.05, 0) is 50.1 Å². The molecular weight excluding hydrogens is 452 g/mol. The van der Waals surface area contributed by atoms with Crippen LogP contribution in [0.1, 0.15) is 41.2 Å². The molecule has 2 aliphatic rings. The van der Waals surface area contributed by atoms with E-state index in [0.29, 0.717) is 18.2 Å². The molecular formula is C25H34N4O4S. The highest BCUT2D eigenvalue weighted by Crippen LogP contribution is 2.28. The maximum absolute atomic E-state index is 12.8. The zero-order chi connectivity index (χ0) is 24.1. The number of piperazine rings is 1. The zero-order valence-electron chi connectivity index (χ0n) is 19.9. The van der Waals surface area contributed by atoms with Gasteiger partial charge < -0.3 is 15.0 Å². The molecule has 8 nitrogen and oxygen atoms in total. The number of ether oxygens (including phenoxy) is 1. The number of carbonyl (C=O) groups is 1. The molecule has 2 fully saturated rings. The van der Waals surface area contributed by atoms with Gasteiger partial charge in [-0.3, -0.25) is 9.69 Å². The smallest absolute Gasteiger partial charge is 0.251 e. The average molecular weight is 487 g/mol. The maximum atomic E-state index is 12.8. The van der Waals surface area contributed by atoms with Crippen molar-refractivity contribution in [1.29, 1.82) is 0 Å². The topological polar surface area (TPSA) is 91.0 Å². The normalized spacial score (nSPS) is 19.6. The number of nitrogens with zero attached hydrogens (tertiary/aromatic N) is 2. The average Bonchev–Trinajstić information content (AvgIpc) is 3.65. The summed E-state index contributed by atoms with van der Waals surface area (Å²) in [7, 11) is -0.165. The molecule has 1 atom stereocenters. The van der Waals surface area contributed by atoms with E-state index in [0.717, 1.165) is 45.4 Å². The Morgan fingerprint density at radius 3 is 2.59 bits per heavy atom. The molecule has 0 bridgehead atoms. The van der Waals surface area contributed by atoms with Crippen molar-refractivity contribution in [3.8, 4) is 5.75 Å². The molecule has 0 unspecified atom stereocenters. The summed E-state index contributed by atoms with van der Waals surface area (Å²) in [6, 6.07) is 15.4. The molecule has 1 heterocycles. The molecule has 184 valence electrons. The van der Waals surface area contributed by atoms with Crippen LogP contribution in [0.3, 0.4) is 0 Å². The second-order valence-corrected chi connectivity index (χ2v) is 10.8. The lowest BCUT2D eigenvalue weighted by atomic mass is 10.0. The fourth-order valence-electron chi connectivity index (χ4n) is 4.31. The van der Waals surface area contributed by atoms with Crippen LogP contribution >= 0.6 is 0 Å². The molecule has 1 aliphatic carbocycles. The summed E-state index contributed by atoms with van der Waals surface area (Å²) < 4.78 is 33.3. The van der Waals surface area contributed by atoms with Crippen molar-refractivity contribution in [2.45, 2.75) is 36.2 Å². The summed E-state index contributed by atoms with van der Waals surface area (Å²) in [6.07, 6.45) is 2.48. The van der Waals surface area contributed by atoms with E-state index in [1.165, 1.54) is 24.8 Å². The minimum absolute atomic E-state index is 0.00214. The van der Waals surface area contributed by atoms with Crippen LogP contribution in [0.25, 0.3) is 0 Å². The van der Waals surface area contributed by atoms with E-state index >= 15 is 0 Å². The molecule has 0 radical (unpaired) electrons. The number of rotatable bonds is 10. The number of methoxy groups -OCH3 is 1. The van der Waals surface area contributed by atoms with Crippen molar-refractivity contribution in [3.05, 3.63) is 59.7 Å². The van der Waals surface area contributed by atoms with Crippen molar-refractivity contribution in [2.75, 3.05) is 46.9 Å². The first-order valence-corrected chi connectivity index (χ1v) is 13.3. The van der Waals surface area contributed by atoms with E-state index in [-0.39, 0.29) is 22.6 Å². The maximum Gasteiger partial charge on any atom is 0.251 e. The van der Waals surface area contributed by atoms with Crippen LogP contribution in [-0.4, -0.2) is 77.0 Å². The number of hydrogen-bond acceptors (Lipinski definition) is 6. The summed E-state index contributed by atoms with van der Waals surface area (Å²) >= 11 is 0. The Hall–Kier alpha value is -2.46. The number of benzene rings is 2. The Bertz CT molecular complexity index is 1090. The van der Waals surface area contributed by atoms with Gasteiger partial charge in [0.1, 0.15) is 10.6 Å². The molecule has 2 N–H and O–H groups in total. The van der Waals surface area contributed by atoms with E-state index in [4.69, 9.17) is 4.74 Å². The van der Waals surface area contributed by atoms with E-state index in [2.05, 4.69) is 51.2 Å². The van der Waals surface area contributed by atoms with Crippen molar-refractivity contribution < 1.29 is 17.9 Å². The van der Waals surface area contributed by atoms with Gasteiger partial charge in [0.2, 0.25) is 10.0 Å². The lowest BCUT2D eigenvalue weighted by Crippen LogP contribution is -2.47. The first-order valence-electron chi connectivity index (χ1n) is 11.8. The van der Waals surface area contributed by atoms with Crippen LogP contribution in [0.15, 0.2) is 53.4 Å². The predicted octanol–water partition coefficient (Wildman–Crippen LogP) is 2.24. The van der Waals surface area contributed by atoms with Crippen LogP contribution in [0, 0.1) is 0 Å². The largest absolute Gasteiger partial charge is 0.495 e. The first-order chi connectivity index (χ1) is 16.4. The van der Waals surface area contributed by atoms with Crippen LogP contribution in [0.4, 0.5) is 0 Å². The molecule has 1 saturated heterocycles. The van der Waals surface area contributed by atoms with E-state index in [9.17, 15) is 13.2 Å². The van der Waals surface area contributed by atoms with Gasteiger partial charge >= 0.3 is 0 Å². The molecule has 0 spiro atoms. The highest BCUT2D eigenvalue weighted by atomic mass is 32.2. The summed E-state index contributed by atoms with van der Waals surface area (Å²) in [5.74, 6) is -0.0600. The quantitative estimate of drug-likeness (QED) is 0.501. The van der Waals surface area contributed by atoms with Crippen molar-refractivity contribution in [3.63, 3.8) is 0 Å². The Morgan fingerprint density at radius 2 is 1.88 bits per heavy atom. The van der Waals surface area contributed by atoms with E-state index in [1.807, 2.05) is 6.07 Å². The van der Waals surface area contributed by atoms with Crippen LogP contribution < -0.4 is 14.8 Å². The summed E-state index contributed by atoms with van der Waals surface area (Å²) in [5, 5.41) is 2.94. The Morgan fingerprint density at radius 1 is 1.12 bits per heavy atom. The summed E-state index contributed by atoms with van der Waals surface area (Å²) in [5.41, 5.74) is 1.61. The lowest BCUT2D eigenvalue weighted by Gasteiger charge is -2.40. The minimum Gasteiger partial charge on any atom is -0.495 e. The third-order valence-corrected chi connectivity index (χ3v) is 7.94. The molecule has 2 aromatic rings. The van der Waals surface area contributed by atoms with Crippen molar-refractivity contribution in [2.24, 2.45) is 0 Å². The molecule has 34 heavy (non-hydrogen) atoms. The molecule has 4 rings (SSSR count). The van der Waals surface area contributed by atoms with Crippen LogP contribution in [0.5, 0.6) is 5.75 Å². The molecule has 1 aliphatic heterocycles. The number of carbonyl (C=O) groups excluding carboxylic acids is 1. The van der Waals surface area contributed by atoms with E-state index in [1.54, 1.807) is 6.07 Å². The van der Waals surface area contributed by atoms with Crippen molar-refractivity contribution in [1.82, 2.24) is 19.8 Å². The van der Waals surface area contributed by atoms with Gasteiger partial charge in [-0.2, -0.15) is 0 Å². The highest BCUT2D eigenvalue weighted by molar-refractivity contribution is 7.89. The van der Waals surface area contributed by atoms with Gasteiger partial charge in [-0.15, -0.1) is 0 Å². The molecule has 9 heteroatoms. The standard InChI is InChI=1S/C25H34N4O4S/c1-28-15-16-29(22(18-28)19-7-4-3-5-8-19)14-6-13-26-25(30)20-9-12-23(33-2)24(17-20)34(31,32)27-21-10-11-21/h3-5,7-9,12,17,21-22,27H,6,10-11,13-16,18H2,1-2H3,(H,26,30)/t22-/m0/s1. The molecule has 1 saturated carbocycles. The lowest BCUT2D eigenvalue weighted by molar-refractivity contribution is 0.0865. The number of sulfonamides is 1. The number of hydrogen-bond donors (Lipinski definition) is 2. The van der Waals surface area contributed by atoms with Gasteiger partial charge in [0, 0.05) is 50.4 Å². The van der Waals surface area contributed by atoms with Gasteiger partial charge in [0.15, 0.2) is 0 Å². The molecule has 0 aromatic heterocycles. The first kappa shape index (κ1) is 24.7. The van der Waals surface area contributed by atoms with Gasteiger partial charge in [-0.1, -0.05) is 30.3 Å². The highest BCUT2D eigenvalue weighted by Gasteiger charge is 2.30. The SMILES string of the molecule is COc1ccc(C(=O)NCCCN2CCN(C)C[C@H]2c2ccccc2)cc1S(=O)(=O)NC1CC1. The van der Waals surface area contributed by atoms with Gasteiger partial charge in [-0.25, -0.2) is 13.1 Å². The van der Waals surface area contributed by atoms with Gasteiger partial charge in [0.25, 0.3) is 5.91 Å². The monoisotopic (exact) mass is 486 g/mol. The Balaban J connectivity index is 1.34. The Kier molecular flexibility index (Phi) is 7.88. The van der Waals surface area contributed by atoms with Gasteiger partial charge in [0.05, 0.1) is 7.11 Å². The zero-order valence-corrected chi connectivity index (χ0v) is 20.7. The van der Waals surface area contributed by atoms with Crippen molar-refractivity contribution >= 4 is 15.9 Å². The minimum atomic E-state index is -3.74. The third-order valence-electron chi connectivity index (χ3n) is 6.40. The van der Waals surface area contributed by atoms with Crippen LogP contribution in [0.2, 0.25) is 0 Å². The molecule has 2 aromatic carbocycles. The summed E-state index contributed by atoms with van der Waals surface area (Å²) in [6.45, 7) is 4.38.